The van der Waals surface area contributed by atoms with Crippen molar-refractivity contribution in [2.75, 3.05) is 0 Å². The Morgan fingerprint density at radius 2 is 0.811 bits per heavy atom. The predicted octanol–water partition coefficient (Wildman–Crippen LogP) is 14.2. The van der Waals surface area contributed by atoms with Gasteiger partial charge in [0.15, 0.2) is 0 Å². The highest BCUT2D eigenvalue weighted by atomic mass is 32.1. The van der Waals surface area contributed by atoms with E-state index in [1.165, 1.54) is 102 Å². The highest BCUT2D eigenvalue weighted by molar-refractivity contribution is 7.25. The molecular formula is C50H30N2S. The molecule has 53 heavy (non-hydrogen) atoms. The molecule has 0 N–H and O–H groups in total. The minimum atomic E-state index is 1.16. The van der Waals surface area contributed by atoms with Crippen LogP contribution in [0, 0.1) is 0 Å². The Kier molecular flexibility index (Phi) is 5.96. The predicted molar refractivity (Wildman–Crippen MR) is 228 cm³/mol. The van der Waals surface area contributed by atoms with Gasteiger partial charge in [-0.2, -0.15) is 0 Å². The number of hydrogen-bond donors (Lipinski definition) is 0. The van der Waals surface area contributed by atoms with Crippen LogP contribution >= 0.6 is 11.3 Å². The number of fused-ring (bicyclic) bond motifs is 12. The molecule has 3 heterocycles. The van der Waals surface area contributed by atoms with Gasteiger partial charge >= 0.3 is 0 Å². The van der Waals surface area contributed by atoms with Crippen LogP contribution in [-0.4, -0.2) is 9.13 Å². The third-order valence-electron chi connectivity index (χ3n) is 11.3. The van der Waals surface area contributed by atoms with Gasteiger partial charge in [-0.1, -0.05) is 140 Å². The number of para-hydroxylation sites is 3. The third kappa shape index (κ3) is 3.97. The smallest absolute Gasteiger partial charge is 0.0789 e. The molecular weight excluding hydrogens is 661 g/mol. The van der Waals surface area contributed by atoms with Gasteiger partial charge in [0.2, 0.25) is 0 Å². The van der Waals surface area contributed by atoms with Gasteiger partial charge in [0.25, 0.3) is 0 Å². The monoisotopic (exact) mass is 690 g/mol. The molecule has 12 aromatic rings. The van der Waals surface area contributed by atoms with Crippen molar-refractivity contribution >= 4 is 96.7 Å². The minimum Gasteiger partial charge on any atom is -0.307 e. The Bertz CT molecular complexity index is 3390. The van der Waals surface area contributed by atoms with E-state index >= 15 is 0 Å². The van der Waals surface area contributed by atoms with Crippen LogP contribution in [0.1, 0.15) is 0 Å². The molecule has 0 atom stereocenters. The van der Waals surface area contributed by atoms with E-state index in [0.717, 1.165) is 5.69 Å². The van der Waals surface area contributed by atoms with Crippen LogP contribution in [0.25, 0.3) is 108 Å². The molecule has 0 radical (unpaired) electrons. The van der Waals surface area contributed by atoms with Crippen molar-refractivity contribution in [3.8, 4) is 22.5 Å². The van der Waals surface area contributed by atoms with Crippen LogP contribution in [0.3, 0.4) is 0 Å². The van der Waals surface area contributed by atoms with E-state index in [9.17, 15) is 0 Å². The molecule has 0 aliphatic heterocycles. The van der Waals surface area contributed by atoms with E-state index in [1.54, 1.807) is 0 Å². The van der Waals surface area contributed by atoms with Gasteiger partial charge in [-0.25, -0.2) is 0 Å². The third-order valence-corrected chi connectivity index (χ3v) is 12.4. The molecule has 3 heteroatoms. The lowest BCUT2D eigenvalue weighted by Crippen LogP contribution is -2.01. The zero-order valence-corrected chi connectivity index (χ0v) is 29.4. The topological polar surface area (TPSA) is 9.86 Å². The summed E-state index contributed by atoms with van der Waals surface area (Å²) in [6.45, 7) is 0. The standard InChI is InChI=1S/C50H30N2S/c1-2-14-32(15-3-1)51-43-23-11-8-16-33(43)40-27-28-41-34-17-9-12-24-44(34)52(50(41)49(40)51)48-38-21-6-4-19-36(38)47(37-20-5-7-22-39(37)48)31-26-29-46-42(30-31)35-18-10-13-25-45(35)53-46/h1-30H. The maximum atomic E-state index is 2.58. The van der Waals surface area contributed by atoms with Crippen molar-refractivity contribution in [3.05, 3.63) is 182 Å². The maximum Gasteiger partial charge on any atom is 0.0789 e. The molecule has 246 valence electrons. The van der Waals surface area contributed by atoms with E-state index in [2.05, 4.69) is 191 Å². The van der Waals surface area contributed by atoms with Gasteiger partial charge in [-0.15, -0.1) is 11.3 Å². The summed E-state index contributed by atoms with van der Waals surface area (Å²) in [5.74, 6) is 0. The normalized spacial score (nSPS) is 12.2. The molecule has 0 fully saturated rings. The van der Waals surface area contributed by atoms with Gasteiger partial charge in [0.05, 0.1) is 27.8 Å². The Balaban J connectivity index is 1.28. The number of benzene rings is 9. The Labute approximate surface area is 309 Å². The summed E-state index contributed by atoms with van der Waals surface area (Å²) in [5, 5.41) is 12.6. The second-order valence-electron chi connectivity index (χ2n) is 14.0. The van der Waals surface area contributed by atoms with E-state index in [0.29, 0.717) is 0 Å². The quantitative estimate of drug-likeness (QED) is 0.163. The van der Waals surface area contributed by atoms with Gasteiger partial charge in [-0.3, -0.25) is 0 Å². The molecule has 0 aliphatic rings. The highest BCUT2D eigenvalue weighted by Gasteiger charge is 2.24. The fourth-order valence-electron chi connectivity index (χ4n) is 9.12. The summed E-state index contributed by atoms with van der Waals surface area (Å²) < 4.78 is 7.70. The van der Waals surface area contributed by atoms with Crippen LogP contribution in [-0.2, 0) is 0 Å². The molecule has 12 rings (SSSR count). The summed E-state index contributed by atoms with van der Waals surface area (Å²) >= 11 is 1.87. The van der Waals surface area contributed by atoms with Crippen molar-refractivity contribution in [3.63, 3.8) is 0 Å². The van der Waals surface area contributed by atoms with Crippen LogP contribution in [0.15, 0.2) is 182 Å². The van der Waals surface area contributed by atoms with Crippen LogP contribution in [0.4, 0.5) is 0 Å². The Morgan fingerprint density at radius 1 is 0.321 bits per heavy atom. The molecule has 0 aliphatic carbocycles. The number of thiophene rings is 1. The molecule has 0 bridgehead atoms. The molecule has 0 spiro atoms. The Morgan fingerprint density at radius 3 is 1.47 bits per heavy atom. The van der Waals surface area contributed by atoms with Crippen LogP contribution in [0.2, 0.25) is 0 Å². The van der Waals surface area contributed by atoms with Crippen molar-refractivity contribution < 1.29 is 0 Å². The van der Waals surface area contributed by atoms with Gasteiger partial charge in [-0.05, 0) is 64.4 Å². The molecule has 0 amide bonds. The van der Waals surface area contributed by atoms with E-state index in [1.807, 2.05) is 11.3 Å². The fraction of sp³-hybridized carbons (Fsp3) is 0. The van der Waals surface area contributed by atoms with Crippen molar-refractivity contribution in [2.24, 2.45) is 0 Å². The fourth-order valence-corrected chi connectivity index (χ4v) is 10.2. The van der Waals surface area contributed by atoms with Gasteiger partial charge in [0, 0.05) is 58.2 Å². The highest BCUT2D eigenvalue weighted by Crippen LogP contribution is 2.47. The average molecular weight is 691 g/mol. The first-order chi connectivity index (χ1) is 26.3. The van der Waals surface area contributed by atoms with Crippen LogP contribution in [0.5, 0.6) is 0 Å². The molecule has 0 saturated carbocycles. The number of rotatable bonds is 3. The lowest BCUT2D eigenvalue weighted by atomic mass is 9.90. The summed E-state index contributed by atoms with van der Waals surface area (Å²) in [5.41, 5.74) is 9.75. The van der Waals surface area contributed by atoms with Crippen molar-refractivity contribution in [1.82, 2.24) is 9.13 Å². The summed E-state index contributed by atoms with van der Waals surface area (Å²) in [7, 11) is 0. The first-order valence-corrected chi connectivity index (χ1v) is 19.0. The lowest BCUT2D eigenvalue weighted by Gasteiger charge is -2.20. The van der Waals surface area contributed by atoms with Crippen LogP contribution < -0.4 is 0 Å². The number of nitrogens with zero attached hydrogens (tertiary/aromatic N) is 2. The Hall–Kier alpha value is -6.68. The molecule has 0 saturated heterocycles. The second-order valence-corrected chi connectivity index (χ2v) is 15.1. The first-order valence-electron chi connectivity index (χ1n) is 18.2. The minimum absolute atomic E-state index is 1.16. The summed E-state index contributed by atoms with van der Waals surface area (Å²) in [6.07, 6.45) is 0. The second kappa shape index (κ2) is 10.9. The van der Waals surface area contributed by atoms with E-state index in [4.69, 9.17) is 0 Å². The maximum absolute atomic E-state index is 2.58. The van der Waals surface area contributed by atoms with E-state index in [-0.39, 0.29) is 0 Å². The molecule has 2 nitrogen and oxygen atoms in total. The average Bonchev–Trinajstić information content (AvgIpc) is 3.88. The molecule has 3 aromatic heterocycles. The first kappa shape index (κ1) is 29.0. The van der Waals surface area contributed by atoms with Gasteiger partial charge < -0.3 is 9.13 Å². The van der Waals surface area contributed by atoms with Crippen molar-refractivity contribution in [2.45, 2.75) is 0 Å². The molecule has 9 aromatic carbocycles. The number of aromatic nitrogens is 2. The summed E-state index contributed by atoms with van der Waals surface area (Å²) in [4.78, 5) is 0. The summed E-state index contributed by atoms with van der Waals surface area (Å²) in [6, 6.07) is 67.2. The SMILES string of the molecule is c1ccc(-n2c3ccccc3c3ccc4c5ccccc5n(-c5c6ccccc6c(-c6ccc7sc8ccccc8c7c6)c6ccccc56)c4c32)cc1. The zero-order valence-electron chi connectivity index (χ0n) is 28.6. The van der Waals surface area contributed by atoms with E-state index < -0.39 is 0 Å². The lowest BCUT2D eigenvalue weighted by molar-refractivity contribution is 1.16. The largest absolute Gasteiger partial charge is 0.307 e. The number of hydrogen-bond acceptors (Lipinski definition) is 1. The van der Waals surface area contributed by atoms with Crippen molar-refractivity contribution in [1.29, 1.82) is 0 Å². The van der Waals surface area contributed by atoms with Gasteiger partial charge in [0.1, 0.15) is 0 Å². The zero-order chi connectivity index (χ0) is 34.6. The molecule has 0 unspecified atom stereocenters.